The Hall–Kier alpha value is -0.610. The van der Waals surface area contributed by atoms with Gasteiger partial charge in [-0.2, -0.15) is 0 Å². The topological polar surface area (TPSA) is 33.2 Å². The molecule has 5 heteroatoms. The molecule has 0 saturated carbocycles. The van der Waals surface area contributed by atoms with Crippen molar-refractivity contribution in [2.24, 2.45) is 5.92 Å². The van der Waals surface area contributed by atoms with Gasteiger partial charge in [-0.15, -0.1) is 0 Å². The lowest BCUT2D eigenvalue weighted by Gasteiger charge is -2.31. The lowest BCUT2D eigenvalue weighted by atomic mass is 10.00. The highest BCUT2D eigenvalue weighted by Gasteiger charge is 2.21. The molecule has 1 fully saturated rings. The lowest BCUT2D eigenvalue weighted by Crippen LogP contribution is -2.36. The van der Waals surface area contributed by atoms with Gasteiger partial charge in [0.05, 0.1) is 9.50 Å². The van der Waals surface area contributed by atoms with E-state index in [1.54, 1.807) is 6.20 Å². The Labute approximate surface area is 108 Å². The number of aldehydes is 1. The van der Waals surface area contributed by atoms with E-state index in [-0.39, 0.29) is 5.92 Å². The van der Waals surface area contributed by atoms with Gasteiger partial charge in [0, 0.05) is 25.2 Å². The number of hydrogen-bond donors (Lipinski definition) is 0. The van der Waals surface area contributed by atoms with E-state index in [9.17, 15) is 4.79 Å². The standard InChI is InChI=1S/C11H12BrClN2O/c12-10-4-9(13)5-14-11(10)15-3-1-2-8(6-15)7-16/h4-5,7-8H,1-3,6H2. The first-order valence-corrected chi connectivity index (χ1v) is 6.39. The monoisotopic (exact) mass is 302 g/mol. The maximum Gasteiger partial charge on any atom is 0.142 e. The fourth-order valence-electron chi connectivity index (χ4n) is 1.95. The molecule has 1 aliphatic rings. The highest BCUT2D eigenvalue weighted by atomic mass is 79.9. The molecule has 2 rings (SSSR count). The summed E-state index contributed by atoms with van der Waals surface area (Å²) in [5.41, 5.74) is 0. The molecule has 0 radical (unpaired) electrons. The van der Waals surface area contributed by atoms with E-state index in [0.29, 0.717) is 5.02 Å². The van der Waals surface area contributed by atoms with Crippen LogP contribution in [0.15, 0.2) is 16.7 Å². The van der Waals surface area contributed by atoms with Crippen LogP contribution in [-0.2, 0) is 4.79 Å². The number of pyridine rings is 1. The molecule has 16 heavy (non-hydrogen) atoms. The number of carbonyl (C=O) groups is 1. The van der Waals surface area contributed by atoms with Crippen molar-refractivity contribution in [2.75, 3.05) is 18.0 Å². The van der Waals surface area contributed by atoms with Gasteiger partial charge in [0.1, 0.15) is 12.1 Å². The number of nitrogens with zero attached hydrogens (tertiary/aromatic N) is 2. The SMILES string of the molecule is O=CC1CCCN(c2ncc(Cl)cc2Br)C1. The van der Waals surface area contributed by atoms with Crippen LogP contribution in [0.1, 0.15) is 12.8 Å². The van der Waals surface area contributed by atoms with Gasteiger partial charge in [-0.1, -0.05) is 11.6 Å². The molecule has 1 atom stereocenters. The van der Waals surface area contributed by atoms with Gasteiger partial charge >= 0.3 is 0 Å². The fraction of sp³-hybridized carbons (Fsp3) is 0.455. The number of piperidine rings is 1. The van der Waals surface area contributed by atoms with Gasteiger partial charge in [0.15, 0.2) is 0 Å². The summed E-state index contributed by atoms with van der Waals surface area (Å²) >= 11 is 9.29. The first-order valence-electron chi connectivity index (χ1n) is 5.22. The van der Waals surface area contributed by atoms with E-state index < -0.39 is 0 Å². The molecule has 1 unspecified atom stereocenters. The minimum absolute atomic E-state index is 0.123. The molecular formula is C11H12BrClN2O. The Bertz CT molecular complexity index is 400. The Kier molecular flexibility index (Phi) is 3.82. The molecule has 0 aliphatic carbocycles. The highest BCUT2D eigenvalue weighted by molar-refractivity contribution is 9.10. The van der Waals surface area contributed by atoms with Gasteiger partial charge in [0.2, 0.25) is 0 Å². The molecule has 1 saturated heterocycles. The van der Waals surface area contributed by atoms with Crippen LogP contribution >= 0.6 is 27.5 Å². The third kappa shape index (κ3) is 2.55. The van der Waals surface area contributed by atoms with Crippen molar-refractivity contribution < 1.29 is 4.79 Å². The van der Waals surface area contributed by atoms with Crippen LogP contribution < -0.4 is 4.90 Å². The molecule has 2 heterocycles. The second kappa shape index (κ2) is 5.15. The predicted molar refractivity (Wildman–Crippen MR) is 67.9 cm³/mol. The summed E-state index contributed by atoms with van der Waals surface area (Å²) in [6.07, 6.45) is 4.67. The highest BCUT2D eigenvalue weighted by Crippen LogP contribution is 2.29. The Morgan fingerprint density at radius 1 is 1.62 bits per heavy atom. The van der Waals surface area contributed by atoms with Crippen LogP contribution in [0, 0.1) is 5.92 Å². The first-order chi connectivity index (χ1) is 7.70. The minimum atomic E-state index is 0.123. The molecule has 0 aromatic carbocycles. The number of carbonyl (C=O) groups excluding carboxylic acids is 1. The van der Waals surface area contributed by atoms with Crippen molar-refractivity contribution in [1.29, 1.82) is 0 Å². The second-order valence-corrected chi connectivity index (χ2v) is 5.23. The van der Waals surface area contributed by atoms with E-state index >= 15 is 0 Å². The number of halogens is 2. The minimum Gasteiger partial charge on any atom is -0.355 e. The predicted octanol–water partition coefficient (Wildman–Crippen LogP) is 2.91. The summed E-state index contributed by atoms with van der Waals surface area (Å²) in [5, 5.41) is 0.611. The van der Waals surface area contributed by atoms with Crippen LogP contribution in [0.3, 0.4) is 0 Å². The zero-order valence-electron chi connectivity index (χ0n) is 8.70. The van der Waals surface area contributed by atoms with Crippen LogP contribution in [0.25, 0.3) is 0 Å². The summed E-state index contributed by atoms with van der Waals surface area (Å²) in [6.45, 7) is 1.69. The largest absolute Gasteiger partial charge is 0.355 e. The van der Waals surface area contributed by atoms with E-state index in [4.69, 9.17) is 11.6 Å². The van der Waals surface area contributed by atoms with Crippen LogP contribution in [0.2, 0.25) is 5.02 Å². The molecule has 1 aromatic heterocycles. The maximum absolute atomic E-state index is 10.8. The van der Waals surface area contributed by atoms with E-state index in [1.165, 1.54) is 0 Å². The first kappa shape index (κ1) is 11.9. The molecule has 1 aromatic rings. The number of rotatable bonds is 2. The quantitative estimate of drug-likeness (QED) is 0.788. The Morgan fingerprint density at radius 2 is 2.44 bits per heavy atom. The van der Waals surface area contributed by atoms with Crippen molar-refractivity contribution in [2.45, 2.75) is 12.8 Å². The second-order valence-electron chi connectivity index (χ2n) is 3.94. The smallest absolute Gasteiger partial charge is 0.142 e. The van der Waals surface area contributed by atoms with Crippen molar-refractivity contribution >= 4 is 39.6 Å². The zero-order valence-corrected chi connectivity index (χ0v) is 11.0. The maximum atomic E-state index is 10.8. The van der Waals surface area contributed by atoms with Gasteiger partial charge in [0.25, 0.3) is 0 Å². The average molecular weight is 304 g/mol. The third-order valence-electron chi connectivity index (χ3n) is 2.74. The van der Waals surface area contributed by atoms with Crippen molar-refractivity contribution in [3.63, 3.8) is 0 Å². The summed E-state index contributed by atoms with van der Waals surface area (Å²) < 4.78 is 0.881. The molecule has 0 spiro atoms. The van der Waals surface area contributed by atoms with Crippen molar-refractivity contribution in [1.82, 2.24) is 4.98 Å². The van der Waals surface area contributed by atoms with Crippen LogP contribution in [-0.4, -0.2) is 24.4 Å². The van der Waals surface area contributed by atoms with E-state index in [2.05, 4.69) is 25.8 Å². The fourth-order valence-corrected chi connectivity index (χ4v) is 2.84. The average Bonchev–Trinajstić information content (AvgIpc) is 2.29. The van der Waals surface area contributed by atoms with Crippen LogP contribution in [0.5, 0.6) is 0 Å². The molecule has 1 aliphatic heterocycles. The molecular weight excluding hydrogens is 291 g/mol. The third-order valence-corrected chi connectivity index (χ3v) is 3.53. The summed E-state index contributed by atoms with van der Waals surface area (Å²) in [7, 11) is 0. The Balaban J connectivity index is 2.19. The van der Waals surface area contributed by atoms with E-state index in [1.807, 2.05) is 6.07 Å². The van der Waals surface area contributed by atoms with Gasteiger partial charge in [-0.3, -0.25) is 0 Å². The molecule has 0 N–H and O–H groups in total. The van der Waals surface area contributed by atoms with Crippen LogP contribution in [0.4, 0.5) is 5.82 Å². The normalized spacial score (nSPS) is 20.9. The summed E-state index contributed by atoms with van der Waals surface area (Å²) in [5.74, 6) is 0.995. The zero-order chi connectivity index (χ0) is 11.5. The van der Waals surface area contributed by atoms with Gasteiger partial charge in [-0.05, 0) is 34.8 Å². The molecule has 3 nitrogen and oxygen atoms in total. The summed E-state index contributed by atoms with van der Waals surface area (Å²) in [6, 6.07) is 1.83. The number of anilines is 1. The Morgan fingerprint density at radius 3 is 3.12 bits per heavy atom. The molecule has 0 amide bonds. The number of hydrogen-bond acceptors (Lipinski definition) is 3. The van der Waals surface area contributed by atoms with Gasteiger partial charge < -0.3 is 9.69 Å². The van der Waals surface area contributed by atoms with Crippen molar-refractivity contribution in [3.05, 3.63) is 21.8 Å². The lowest BCUT2D eigenvalue weighted by molar-refractivity contribution is -0.111. The molecule has 0 bridgehead atoms. The number of aromatic nitrogens is 1. The van der Waals surface area contributed by atoms with Gasteiger partial charge in [-0.25, -0.2) is 4.98 Å². The van der Waals surface area contributed by atoms with E-state index in [0.717, 1.165) is 42.5 Å². The molecule has 86 valence electrons. The summed E-state index contributed by atoms with van der Waals surface area (Å²) in [4.78, 5) is 17.2. The van der Waals surface area contributed by atoms with Crippen molar-refractivity contribution in [3.8, 4) is 0 Å².